The van der Waals surface area contributed by atoms with E-state index in [9.17, 15) is 10.2 Å². The van der Waals surface area contributed by atoms with Crippen LogP contribution in [0.3, 0.4) is 0 Å². The van der Waals surface area contributed by atoms with E-state index in [1.165, 1.54) is 0 Å². The normalized spacial score (nSPS) is 47.7. The summed E-state index contributed by atoms with van der Waals surface area (Å²) in [5.41, 5.74) is 0. The van der Waals surface area contributed by atoms with Crippen LogP contribution < -0.4 is 0 Å². The molecule has 0 aromatic carbocycles. The maximum Gasteiger partial charge on any atom is 0.107 e. The van der Waals surface area contributed by atoms with Gasteiger partial charge in [-0.3, -0.25) is 0 Å². The van der Waals surface area contributed by atoms with E-state index in [4.69, 9.17) is 14.2 Å². The molecule has 0 bridgehead atoms. The second-order valence-electron chi connectivity index (χ2n) is 5.88. The highest BCUT2D eigenvalue weighted by Gasteiger charge is 2.40. The average molecular weight is 272 g/mol. The molecule has 3 fully saturated rings. The molecule has 3 heterocycles. The summed E-state index contributed by atoms with van der Waals surface area (Å²) in [6.07, 6.45) is 4.69. The Morgan fingerprint density at radius 1 is 0.842 bits per heavy atom. The fraction of sp³-hybridized carbons (Fsp3) is 1.00. The number of hydrogen-bond acceptors (Lipinski definition) is 5. The van der Waals surface area contributed by atoms with Crippen LogP contribution >= 0.6 is 0 Å². The maximum atomic E-state index is 9.93. The second-order valence-corrected chi connectivity index (χ2v) is 5.88. The summed E-state index contributed by atoms with van der Waals surface area (Å²) >= 11 is 0. The average Bonchev–Trinajstić information content (AvgIpc) is 2.69. The molecule has 0 aromatic heterocycles. The van der Waals surface area contributed by atoms with Crippen molar-refractivity contribution in [3.8, 4) is 0 Å². The van der Waals surface area contributed by atoms with E-state index in [1.807, 2.05) is 0 Å². The highest BCUT2D eigenvalue weighted by atomic mass is 16.6. The number of aliphatic hydroxyl groups excluding tert-OH is 2. The van der Waals surface area contributed by atoms with Gasteiger partial charge < -0.3 is 24.4 Å². The Labute approximate surface area is 113 Å². The fourth-order valence-electron chi connectivity index (χ4n) is 3.47. The molecule has 5 heteroatoms. The molecule has 3 aliphatic heterocycles. The molecule has 0 radical (unpaired) electrons. The second kappa shape index (κ2) is 6.06. The fourth-order valence-corrected chi connectivity index (χ4v) is 3.47. The topological polar surface area (TPSA) is 68.2 Å². The SMILES string of the molecule is OC[C@H]1O[C@H]2CC[C@H]3OCCC[C@@H]3O[C@@H]2CC[C@@H]1O. The van der Waals surface area contributed by atoms with Gasteiger partial charge >= 0.3 is 0 Å². The van der Waals surface area contributed by atoms with E-state index >= 15 is 0 Å². The Morgan fingerprint density at radius 2 is 1.53 bits per heavy atom. The first-order valence-electron chi connectivity index (χ1n) is 7.49. The number of ether oxygens (including phenoxy) is 3. The van der Waals surface area contributed by atoms with Crippen molar-refractivity contribution in [2.75, 3.05) is 13.2 Å². The zero-order valence-electron chi connectivity index (χ0n) is 11.2. The predicted molar refractivity (Wildman–Crippen MR) is 67.9 cm³/mol. The molecule has 0 spiro atoms. The van der Waals surface area contributed by atoms with E-state index in [2.05, 4.69) is 0 Å². The largest absolute Gasteiger partial charge is 0.394 e. The van der Waals surface area contributed by atoms with Crippen LogP contribution in [0.1, 0.15) is 38.5 Å². The monoisotopic (exact) mass is 272 g/mol. The lowest BCUT2D eigenvalue weighted by Crippen LogP contribution is -2.38. The third kappa shape index (κ3) is 2.95. The molecule has 3 rings (SSSR count). The van der Waals surface area contributed by atoms with Crippen LogP contribution in [0.25, 0.3) is 0 Å². The van der Waals surface area contributed by atoms with Gasteiger partial charge in [0.15, 0.2) is 0 Å². The Bertz CT molecular complexity index is 298. The summed E-state index contributed by atoms with van der Waals surface area (Å²) in [4.78, 5) is 0. The Morgan fingerprint density at radius 3 is 2.37 bits per heavy atom. The lowest BCUT2D eigenvalue weighted by atomic mass is 10.0. The van der Waals surface area contributed by atoms with Crippen molar-refractivity contribution in [2.24, 2.45) is 0 Å². The Hall–Kier alpha value is -0.200. The van der Waals surface area contributed by atoms with Crippen molar-refractivity contribution in [3.63, 3.8) is 0 Å². The van der Waals surface area contributed by atoms with E-state index in [1.54, 1.807) is 0 Å². The van der Waals surface area contributed by atoms with Crippen LogP contribution in [0.4, 0.5) is 0 Å². The Balaban J connectivity index is 1.70. The molecule has 0 unspecified atom stereocenters. The molecule has 6 atom stereocenters. The van der Waals surface area contributed by atoms with Crippen molar-refractivity contribution in [1.82, 2.24) is 0 Å². The van der Waals surface area contributed by atoms with E-state index in [0.29, 0.717) is 6.42 Å². The van der Waals surface area contributed by atoms with E-state index in [0.717, 1.165) is 38.7 Å². The minimum absolute atomic E-state index is 0.0245. The van der Waals surface area contributed by atoms with Crippen LogP contribution in [-0.2, 0) is 14.2 Å². The van der Waals surface area contributed by atoms with Crippen LogP contribution in [-0.4, -0.2) is 60.1 Å². The van der Waals surface area contributed by atoms with E-state index < -0.39 is 12.2 Å². The molecule has 0 aromatic rings. The van der Waals surface area contributed by atoms with Gasteiger partial charge in [0, 0.05) is 6.61 Å². The lowest BCUT2D eigenvalue weighted by molar-refractivity contribution is -0.151. The van der Waals surface area contributed by atoms with Crippen LogP contribution in [0, 0.1) is 0 Å². The van der Waals surface area contributed by atoms with Gasteiger partial charge in [-0.2, -0.15) is 0 Å². The first kappa shape index (κ1) is 13.8. The highest BCUT2D eigenvalue weighted by Crippen LogP contribution is 2.33. The molecular weight excluding hydrogens is 248 g/mol. The predicted octanol–water partition coefficient (Wildman–Crippen LogP) is 0.614. The highest BCUT2D eigenvalue weighted by molar-refractivity contribution is 4.89. The van der Waals surface area contributed by atoms with Gasteiger partial charge in [-0.1, -0.05) is 0 Å². The summed E-state index contributed by atoms with van der Waals surface area (Å²) in [6, 6.07) is 0. The number of rotatable bonds is 1. The molecule has 2 N–H and O–H groups in total. The first-order valence-corrected chi connectivity index (χ1v) is 7.49. The van der Waals surface area contributed by atoms with Gasteiger partial charge in [0.1, 0.15) is 6.10 Å². The summed E-state index contributed by atoms with van der Waals surface area (Å²) in [5.74, 6) is 0. The standard InChI is InChI=1S/C14H24O5/c15-8-14-9(16)3-4-12-13(19-14)6-5-10-11(18-12)2-1-7-17-10/h9-16H,1-8H2/t9-,10+,11-,12+,13-,14+/m0/s1. The van der Waals surface area contributed by atoms with Crippen molar-refractivity contribution in [2.45, 2.75) is 75.1 Å². The minimum Gasteiger partial charge on any atom is -0.394 e. The molecule has 0 amide bonds. The van der Waals surface area contributed by atoms with Gasteiger partial charge in [-0.25, -0.2) is 0 Å². The summed E-state index contributed by atoms with van der Waals surface area (Å²) in [7, 11) is 0. The van der Waals surface area contributed by atoms with Crippen LogP contribution in [0.2, 0.25) is 0 Å². The van der Waals surface area contributed by atoms with Crippen molar-refractivity contribution < 1.29 is 24.4 Å². The molecule has 19 heavy (non-hydrogen) atoms. The first-order chi connectivity index (χ1) is 9.28. The molecule has 3 aliphatic rings. The summed E-state index contributed by atoms with van der Waals surface area (Å²) in [5, 5.41) is 19.2. The maximum absolute atomic E-state index is 9.93. The molecule has 3 saturated heterocycles. The van der Waals surface area contributed by atoms with Crippen molar-refractivity contribution >= 4 is 0 Å². The zero-order valence-corrected chi connectivity index (χ0v) is 11.2. The lowest BCUT2D eigenvalue weighted by Gasteiger charge is -2.31. The van der Waals surface area contributed by atoms with Gasteiger partial charge in [0.05, 0.1) is 37.1 Å². The molecule has 0 saturated carbocycles. The smallest absolute Gasteiger partial charge is 0.107 e. The number of fused-ring (bicyclic) bond motifs is 2. The van der Waals surface area contributed by atoms with E-state index in [-0.39, 0.29) is 31.0 Å². The molecular formula is C14H24O5. The Kier molecular flexibility index (Phi) is 4.39. The summed E-state index contributed by atoms with van der Waals surface area (Å²) in [6.45, 7) is 0.701. The van der Waals surface area contributed by atoms with Gasteiger partial charge in [-0.05, 0) is 38.5 Å². The third-order valence-electron chi connectivity index (χ3n) is 4.59. The minimum atomic E-state index is -0.584. The molecule has 0 aliphatic carbocycles. The van der Waals surface area contributed by atoms with Crippen LogP contribution in [0.5, 0.6) is 0 Å². The number of aliphatic hydroxyl groups is 2. The third-order valence-corrected chi connectivity index (χ3v) is 4.59. The molecule has 110 valence electrons. The molecule has 5 nitrogen and oxygen atoms in total. The summed E-state index contributed by atoms with van der Waals surface area (Å²) < 4.78 is 17.9. The van der Waals surface area contributed by atoms with Gasteiger partial charge in [0.25, 0.3) is 0 Å². The number of hydrogen-bond donors (Lipinski definition) is 2. The van der Waals surface area contributed by atoms with Gasteiger partial charge in [0.2, 0.25) is 0 Å². The zero-order chi connectivity index (χ0) is 13.2. The van der Waals surface area contributed by atoms with Crippen LogP contribution in [0.15, 0.2) is 0 Å². The van der Waals surface area contributed by atoms with Crippen molar-refractivity contribution in [3.05, 3.63) is 0 Å². The quantitative estimate of drug-likeness (QED) is 0.732. The van der Waals surface area contributed by atoms with Crippen molar-refractivity contribution in [1.29, 1.82) is 0 Å². The van der Waals surface area contributed by atoms with Gasteiger partial charge in [-0.15, -0.1) is 0 Å².